The summed E-state index contributed by atoms with van der Waals surface area (Å²) in [7, 11) is 1.61. The molecule has 1 aliphatic heterocycles. The number of carbonyl (C=O) groups excluding carboxylic acids is 2. The third kappa shape index (κ3) is 4.59. The topological polar surface area (TPSA) is 84.7 Å². The lowest BCUT2D eigenvalue weighted by atomic mass is 9.82. The SMILES string of the molecule is COc1ccccc1C1C(C(=O)NCCCN)CCC(=O)N1c1ccc(C)cc1. The number of anilines is 1. The summed E-state index contributed by atoms with van der Waals surface area (Å²) in [6.45, 7) is 3.06. The maximum Gasteiger partial charge on any atom is 0.227 e. The minimum absolute atomic E-state index is 0.00997. The van der Waals surface area contributed by atoms with Crippen molar-refractivity contribution in [3.05, 3.63) is 59.7 Å². The van der Waals surface area contributed by atoms with Crippen molar-refractivity contribution >= 4 is 17.5 Å². The lowest BCUT2D eigenvalue weighted by molar-refractivity contribution is -0.129. The molecule has 2 aromatic rings. The van der Waals surface area contributed by atoms with Crippen LogP contribution in [0.25, 0.3) is 0 Å². The number of hydrogen-bond acceptors (Lipinski definition) is 4. The molecule has 0 aromatic heterocycles. The first kappa shape index (κ1) is 20.9. The summed E-state index contributed by atoms with van der Waals surface area (Å²) in [4.78, 5) is 27.8. The monoisotopic (exact) mass is 395 g/mol. The van der Waals surface area contributed by atoms with Gasteiger partial charge in [0.1, 0.15) is 5.75 Å². The molecule has 0 aliphatic carbocycles. The van der Waals surface area contributed by atoms with Crippen molar-refractivity contribution in [2.75, 3.05) is 25.1 Å². The average molecular weight is 396 g/mol. The summed E-state index contributed by atoms with van der Waals surface area (Å²) in [5, 5.41) is 2.99. The Morgan fingerprint density at radius 2 is 1.93 bits per heavy atom. The molecule has 154 valence electrons. The zero-order valence-electron chi connectivity index (χ0n) is 17.1. The summed E-state index contributed by atoms with van der Waals surface area (Å²) in [5.41, 5.74) is 8.29. The van der Waals surface area contributed by atoms with E-state index < -0.39 is 6.04 Å². The fraction of sp³-hybridized carbons (Fsp3) is 0.391. The molecule has 1 saturated heterocycles. The second-order valence-corrected chi connectivity index (χ2v) is 7.36. The second kappa shape index (κ2) is 9.56. The van der Waals surface area contributed by atoms with E-state index in [1.54, 1.807) is 12.0 Å². The maximum atomic E-state index is 13.1. The first-order valence-corrected chi connectivity index (χ1v) is 10.1. The molecule has 1 aliphatic rings. The third-order valence-corrected chi connectivity index (χ3v) is 5.38. The largest absolute Gasteiger partial charge is 0.496 e. The van der Waals surface area contributed by atoms with Crippen molar-refractivity contribution in [2.24, 2.45) is 11.7 Å². The quantitative estimate of drug-likeness (QED) is 0.706. The van der Waals surface area contributed by atoms with Gasteiger partial charge in [-0.1, -0.05) is 35.9 Å². The Hall–Kier alpha value is -2.86. The van der Waals surface area contributed by atoms with Crippen molar-refractivity contribution < 1.29 is 14.3 Å². The van der Waals surface area contributed by atoms with E-state index in [-0.39, 0.29) is 17.7 Å². The Balaban J connectivity index is 2.05. The summed E-state index contributed by atoms with van der Waals surface area (Å²) in [6.07, 6.45) is 1.55. The minimum Gasteiger partial charge on any atom is -0.496 e. The molecule has 1 fully saturated rings. The van der Waals surface area contributed by atoms with Crippen LogP contribution in [-0.4, -0.2) is 32.0 Å². The van der Waals surface area contributed by atoms with Gasteiger partial charge in [0.25, 0.3) is 0 Å². The molecule has 2 atom stereocenters. The molecular weight excluding hydrogens is 366 g/mol. The number of methoxy groups -OCH3 is 1. The molecule has 29 heavy (non-hydrogen) atoms. The number of piperidine rings is 1. The second-order valence-electron chi connectivity index (χ2n) is 7.36. The normalized spacial score (nSPS) is 19.1. The molecule has 3 rings (SSSR count). The van der Waals surface area contributed by atoms with Gasteiger partial charge in [0.05, 0.1) is 19.1 Å². The number of hydrogen-bond donors (Lipinski definition) is 2. The van der Waals surface area contributed by atoms with Crippen LogP contribution >= 0.6 is 0 Å². The van der Waals surface area contributed by atoms with Gasteiger partial charge < -0.3 is 20.7 Å². The molecule has 2 amide bonds. The highest BCUT2D eigenvalue weighted by Gasteiger charge is 2.42. The standard InChI is InChI=1S/C23H29N3O3/c1-16-8-10-17(11-9-16)26-21(27)13-12-19(23(28)25-15-5-14-24)22(26)18-6-3-4-7-20(18)29-2/h3-4,6-11,19,22H,5,12-15,24H2,1-2H3,(H,25,28). The van der Waals surface area contributed by atoms with Gasteiger partial charge in [0.2, 0.25) is 11.8 Å². The van der Waals surface area contributed by atoms with Crippen LogP contribution in [-0.2, 0) is 9.59 Å². The smallest absolute Gasteiger partial charge is 0.227 e. The molecular formula is C23H29N3O3. The van der Waals surface area contributed by atoms with Crippen LogP contribution in [0.3, 0.4) is 0 Å². The van der Waals surface area contributed by atoms with Crippen LogP contribution in [0.15, 0.2) is 48.5 Å². The number of ether oxygens (including phenoxy) is 1. The number of nitrogens with zero attached hydrogens (tertiary/aromatic N) is 1. The van der Waals surface area contributed by atoms with Gasteiger partial charge in [-0.2, -0.15) is 0 Å². The summed E-state index contributed by atoms with van der Waals surface area (Å²) >= 11 is 0. The Morgan fingerprint density at radius 1 is 1.21 bits per heavy atom. The highest BCUT2D eigenvalue weighted by molar-refractivity contribution is 5.97. The van der Waals surface area contributed by atoms with Crippen LogP contribution in [0.2, 0.25) is 0 Å². The van der Waals surface area contributed by atoms with Crippen LogP contribution in [0.4, 0.5) is 5.69 Å². The van der Waals surface area contributed by atoms with Gasteiger partial charge in [-0.05, 0) is 44.5 Å². The number of rotatable bonds is 7. The first-order chi connectivity index (χ1) is 14.1. The zero-order valence-corrected chi connectivity index (χ0v) is 17.1. The Labute approximate surface area is 172 Å². The molecule has 2 aromatic carbocycles. The molecule has 3 N–H and O–H groups in total. The highest BCUT2D eigenvalue weighted by Crippen LogP contribution is 2.43. The number of amides is 2. The van der Waals surface area contributed by atoms with Gasteiger partial charge in [-0.3, -0.25) is 9.59 Å². The number of benzene rings is 2. The van der Waals surface area contributed by atoms with E-state index >= 15 is 0 Å². The van der Waals surface area contributed by atoms with E-state index in [2.05, 4.69) is 5.32 Å². The summed E-state index contributed by atoms with van der Waals surface area (Å²) in [6, 6.07) is 15.0. The van der Waals surface area contributed by atoms with Crippen molar-refractivity contribution in [2.45, 2.75) is 32.2 Å². The highest BCUT2D eigenvalue weighted by atomic mass is 16.5. The van der Waals surface area contributed by atoms with Crippen molar-refractivity contribution in [1.82, 2.24) is 5.32 Å². The Kier molecular flexibility index (Phi) is 6.88. The molecule has 0 saturated carbocycles. The van der Waals surface area contributed by atoms with Crippen LogP contribution in [0, 0.1) is 12.8 Å². The fourth-order valence-corrected chi connectivity index (χ4v) is 3.89. The minimum atomic E-state index is -0.437. The van der Waals surface area contributed by atoms with E-state index in [1.165, 1.54) is 0 Å². The Morgan fingerprint density at radius 3 is 2.62 bits per heavy atom. The van der Waals surface area contributed by atoms with Crippen molar-refractivity contribution in [3.63, 3.8) is 0 Å². The summed E-state index contributed by atoms with van der Waals surface area (Å²) in [5.74, 6) is 0.252. The van der Waals surface area contributed by atoms with Gasteiger partial charge in [0, 0.05) is 24.2 Å². The molecule has 6 nitrogen and oxygen atoms in total. The third-order valence-electron chi connectivity index (χ3n) is 5.38. The van der Waals surface area contributed by atoms with Crippen molar-refractivity contribution in [3.8, 4) is 5.75 Å². The van der Waals surface area contributed by atoms with E-state index in [0.29, 0.717) is 31.7 Å². The van der Waals surface area contributed by atoms with Gasteiger partial charge >= 0.3 is 0 Å². The predicted molar refractivity (Wildman–Crippen MR) is 114 cm³/mol. The van der Waals surface area contributed by atoms with Crippen LogP contribution in [0.1, 0.15) is 36.4 Å². The van der Waals surface area contributed by atoms with Crippen LogP contribution in [0.5, 0.6) is 5.75 Å². The average Bonchev–Trinajstić information content (AvgIpc) is 2.74. The number of nitrogens with one attached hydrogen (secondary N) is 1. The zero-order chi connectivity index (χ0) is 20.8. The Bertz CT molecular complexity index is 851. The first-order valence-electron chi connectivity index (χ1n) is 10.1. The number of aryl methyl sites for hydroxylation is 1. The maximum absolute atomic E-state index is 13.1. The molecule has 0 bridgehead atoms. The van der Waals surface area contributed by atoms with E-state index in [0.717, 1.165) is 23.2 Å². The fourth-order valence-electron chi connectivity index (χ4n) is 3.89. The van der Waals surface area contributed by atoms with E-state index in [1.807, 2.05) is 55.5 Å². The molecule has 2 unspecified atom stereocenters. The number of para-hydroxylation sites is 1. The van der Waals surface area contributed by atoms with Gasteiger partial charge in [-0.15, -0.1) is 0 Å². The van der Waals surface area contributed by atoms with Gasteiger partial charge in [0.15, 0.2) is 0 Å². The van der Waals surface area contributed by atoms with Crippen LogP contribution < -0.4 is 20.7 Å². The number of carbonyl (C=O) groups is 2. The van der Waals surface area contributed by atoms with E-state index in [4.69, 9.17) is 10.5 Å². The lowest BCUT2D eigenvalue weighted by Gasteiger charge is -2.41. The summed E-state index contributed by atoms with van der Waals surface area (Å²) < 4.78 is 5.58. The predicted octanol–water partition coefficient (Wildman–Crippen LogP) is 2.95. The number of nitrogens with two attached hydrogens (primary N) is 1. The lowest BCUT2D eigenvalue weighted by Crippen LogP contribution is -2.48. The van der Waals surface area contributed by atoms with Crippen molar-refractivity contribution in [1.29, 1.82) is 0 Å². The molecule has 1 heterocycles. The molecule has 0 radical (unpaired) electrons. The molecule has 6 heteroatoms. The molecule has 0 spiro atoms. The van der Waals surface area contributed by atoms with E-state index in [9.17, 15) is 9.59 Å². The van der Waals surface area contributed by atoms with Gasteiger partial charge in [-0.25, -0.2) is 0 Å².